The molecular weight excluding hydrogens is 224 g/mol. The maximum atomic E-state index is 2.43. The first-order valence-electron chi connectivity index (χ1n) is 6.13. The van der Waals surface area contributed by atoms with E-state index in [1.807, 2.05) is 0 Å². The van der Waals surface area contributed by atoms with Crippen LogP contribution < -0.4 is 0 Å². The van der Waals surface area contributed by atoms with Gasteiger partial charge in [0.1, 0.15) is 0 Å². The second kappa shape index (κ2) is 5.42. The first-order chi connectivity index (χ1) is 8.27. The molecule has 0 nitrogen and oxygen atoms in total. The van der Waals surface area contributed by atoms with Crippen molar-refractivity contribution in [2.75, 3.05) is 12.0 Å². The number of hydrogen-bond donors (Lipinski definition) is 0. The third-order valence-corrected chi connectivity index (χ3v) is 6.99. The van der Waals surface area contributed by atoms with Gasteiger partial charge in [0, 0.05) is 0 Å². The van der Waals surface area contributed by atoms with Gasteiger partial charge in [-0.3, -0.25) is 0 Å². The molecule has 90 valence electrons. The van der Waals surface area contributed by atoms with Crippen LogP contribution in [-0.4, -0.2) is 12.0 Å². The van der Waals surface area contributed by atoms with Crippen molar-refractivity contribution in [3.8, 4) is 0 Å². The van der Waals surface area contributed by atoms with Crippen LogP contribution >= 0.6 is 10.0 Å². The maximum absolute atomic E-state index is 2.43. The molecule has 0 bridgehead atoms. The Balaban J connectivity index is 2.47. The topological polar surface area (TPSA) is 0 Å². The van der Waals surface area contributed by atoms with Gasteiger partial charge >= 0.3 is 0 Å². The first-order valence-corrected chi connectivity index (χ1v) is 8.34. The predicted octanol–water partition coefficient (Wildman–Crippen LogP) is 4.95. The van der Waals surface area contributed by atoms with Crippen LogP contribution in [0.5, 0.6) is 0 Å². The van der Waals surface area contributed by atoms with Gasteiger partial charge in [0.05, 0.1) is 0 Å². The lowest BCUT2D eigenvalue weighted by molar-refractivity contribution is 1.08. The molecule has 0 unspecified atom stereocenters. The zero-order valence-corrected chi connectivity index (χ0v) is 11.4. The summed E-state index contributed by atoms with van der Waals surface area (Å²) in [7, 11) is -0.847. The molecule has 1 heteroatoms. The minimum absolute atomic E-state index is 0.847. The molecule has 0 amide bonds. The van der Waals surface area contributed by atoms with Crippen molar-refractivity contribution in [2.24, 2.45) is 0 Å². The maximum Gasteiger partial charge on any atom is -0.00617 e. The van der Waals surface area contributed by atoms with Crippen molar-refractivity contribution < 1.29 is 0 Å². The van der Waals surface area contributed by atoms with Crippen molar-refractivity contribution in [3.63, 3.8) is 0 Å². The average Bonchev–Trinajstić information content (AvgIpc) is 2.41. The van der Waals surface area contributed by atoms with E-state index in [0.717, 1.165) is 0 Å². The monoisotopic (exact) mass is 244 g/mol. The molecular formula is C16H20S. The molecule has 0 N–H and O–H groups in total. The zero-order chi connectivity index (χ0) is 12.1. The smallest absolute Gasteiger partial charge is 0.00617 e. The van der Waals surface area contributed by atoms with Gasteiger partial charge in [-0.05, 0) is 52.5 Å². The first kappa shape index (κ1) is 12.3. The van der Waals surface area contributed by atoms with E-state index in [2.05, 4.69) is 73.8 Å². The molecule has 0 saturated carbocycles. The molecule has 0 saturated heterocycles. The van der Waals surface area contributed by atoms with E-state index in [-0.39, 0.29) is 0 Å². The van der Waals surface area contributed by atoms with Gasteiger partial charge in [0.25, 0.3) is 0 Å². The molecule has 0 spiro atoms. The van der Waals surface area contributed by atoms with Crippen LogP contribution in [0.25, 0.3) is 0 Å². The van der Waals surface area contributed by atoms with Crippen LogP contribution in [-0.2, 0) is 0 Å². The third kappa shape index (κ3) is 2.55. The predicted molar refractivity (Wildman–Crippen MR) is 78.1 cm³/mol. The second-order valence-corrected chi connectivity index (χ2v) is 7.94. The lowest BCUT2D eigenvalue weighted by Crippen LogP contribution is -2.04. The Morgan fingerprint density at radius 3 is 1.53 bits per heavy atom. The van der Waals surface area contributed by atoms with Crippen molar-refractivity contribution in [1.29, 1.82) is 0 Å². The highest BCUT2D eigenvalue weighted by atomic mass is 32.3. The number of rotatable bonds is 4. The Morgan fingerprint density at radius 1 is 0.765 bits per heavy atom. The summed E-state index contributed by atoms with van der Waals surface area (Å²) in [5, 5.41) is 0. The minimum atomic E-state index is -0.847. The second-order valence-electron chi connectivity index (χ2n) is 4.42. The summed E-state index contributed by atoms with van der Waals surface area (Å²) in [6.07, 6.45) is 3.66. The van der Waals surface area contributed by atoms with Crippen molar-refractivity contribution in [1.82, 2.24) is 0 Å². The lowest BCUT2D eigenvalue weighted by Gasteiger charge is -2.36. The molecule has 0 aliphatic rings. The Morgan fingerprint density at radius 2 is 1.18 bits per heavy atom. The fourth-order valence-electron chi connectivity index (χ4n) is 2.22. The summed E-state index contributed by atoms with van der Waals surface area (Å²) in [6, 6.07) is 21.9. The van der Waals surface area contributed by atoms with Crippen molar-refractivity contribution in [2.45, 2.75) is 23.1 Å². The van der Waals surface area contributed by atoms with Crippen molar-refractivity contribution >= 4 is 10.0 Å². The molecule has 0 aliphatic heterocycles. The van der Waals surface area contributed by atoms with E-state index in [9.17, 15) is 0 Å². The zero-order valence-electron chi connectivity index (χ0n) is 10.6. The summed E-state index contributed by atoms with van der Waals surface area (Å²) >= 11 is 0. The molecule has 17 heavy (non-hydrogen) atoms. The fourth-order valence-corrected chi connectivity index (χ4v) is 5.30. The molecule has 2 aromatic rings. The molecule has 2 rings (SSSR count). The largest absolute Gasteiger partial charge is 0.191 e. The number of benzene rings is 2. The minimum Gasteiger partial charge on any atom is -0.191 e. The van der Waals surface area contributed by atoms with Crippen LogP contribution in [0.2, 0.25) is 0 Å². The molecule has 0 aromatic heterocycles. The molecule has 0 atom stereocenters. The molecule has 2 aromatic carbocycles. The fraction of sp³-hybridized carbons (Fsp3) is 0.250. The van der Waals surface area contributed by atoms with E-state index in [1.54, 1.807) is 0 Å². The van der Waals surface area contributed by atoms with Crippen molar-refractivity contribution in [3.05, 3.63) is 60.7 Å². The Labute approximate surface area is 106 Å². The summed E-state index contributed by atoms with van der Waals surface area (Å²) in [5.41, 5.74) is 0. The Hall–Kier alpha value is -1.21. The van der Waals surface area contributed by atoms with Gasteiger partial charge in [-0.1, -0.05) is 43.3 Å². The third-order valence-electron chi connectivity index (χ3n) is 3.14. The van der Waals surface area contributed by atoms with Gasteiger partial charge in [-0.25, -0.2) is 0 Å². The summed E-state index contributed by atoms with van der Waals surface area (Å²) in [4.78, 5) is 2.99. The van der Waals surface area contributed by atoms with Gasteiger partial charge in [-0.15, -0.1) is 0 Å². The highest BCUT2D eigenvalue weighted by Crippen LogP contribution is 2.59. The molecule has 0 fully saturated rings. The molecule has 0 aliphatic carbocycles. The van der Waals surface area contributed by atoms with Crippen LogP contribution in [0.4, 0.5) is 0 Å². The van der Waals surface area contributed by atoms with Gasteiger partial charge in [-0.2, -0.15) is 10.0 Å². The average molecular weight is 244 g/mol. The number of hydrogen-bond acceptors (Lipinski definition) is 0. The Bertz CT molecular complexity index is 408. The van der Waals surface area contributed by atoms with E-state index in [1.165, 1.54) is 22.0 Å². The standard InChI is InChI=1S/C16H20S/c1-3-14-17(2,15-10-6-4-7-11-15)16-12-8-5-9-13-16/h4-13H,3,14H2,1-2H3. The quantitative estimate of drug-likeness (QED) is 0.714. The SMILES string of the molecule is CCCS(C)(c1ccccc1)c1ccccc1. The van der Waals surface area contributed by atoms with Crippen LogP contribution in [0.3, 0.4) is 0 Å². The highest BCUT2D eigenvalue weighted by Gasteiger charge is 2.21. The van der Waals surface area contributed by atoms with E-state index in [0.29, 0.717) is 0 Å². The Kier molecular flexibility index (Phi) is 3.90. The van der Waals surface area contributed by atoms with Gasteiger partial charge < -0.3 is 0 Å². The molecule has 0 radical (unpaired) electrons. The summed E-state index contributed by atoms with van der Waals surface area (Å²) < 4.78 is 0. The normalized spacial score (nSPS) is 12.4. The van der Waals surface area contributed by atoms with E-state index in [4.69, 9.17) is 0 Å². The van der Waals surface area contributed by atoms with Crippen LogP contribution in [0, 0.1) is 0 Å². The van der Waals surface area contributed by atoms with Gasteiger partial charge in [0.15, 0.2) is 0 Å². The van der Waals surface area contributed by atoms with Gasteiger partial charge in [0.2, 0.25) is 0 Å². The highest BCUT2D eigenvalue weighted by molar-refractivity contribution is 8.33. The van der Waals surface area contributed by atoms with Crippen LogP contribution in [0.15, 0.2) is 70.5 Å². The van der Waals surface area contributed by atoms with Crippen LogP contribution in [0.1, 0.15) is 13.3 Å². The lowest BCUT2D eigenvalue weighted by atomic mass is 10.4. The van der Waals surface area contributed by atoms with E-state index >= 15 is 0 Å². The molecule has 0 heterocycles. The summed E-state index contributed by atoms with van der Waals surface area (Å²) in [6.45, 7) is 2.27. The van der Waals surface area contributed by atoms with E-state index < -0.39 is 10.0 Å². The summed E-state index contributed by atoms with van der Waals surface area (Å²) in [5.74, 6) is 1.26.